The third kappa shape index (κ3) is 5.46. The Labute approximate surface area is 238 Å². The van der Waals surface area contributed by atoms with Crippen LogP contribution in [0, 0.1) is 0 Å². The molecule has 0 aliphatic rings. The van der Waals surface area contributed by atoms with Crippen LogP contribution in [-0.2, 0) is 6.18 Å². The molecule has 0 spiro atoms. The first-order valence-corrected chi connectivity index (χ1v) is 14.2. The van der Waals surface area contributed by atoms with E-state index in [-0.39, 0.29) is 0 Å². The molecule has 0 unspecified atom stereocenters. The van der Waals surface area contributed by atoms with Crippen LogP contribution in [-0.4, -0.2) is 7.11 Å². The summed E-state index contributed by atoms with van der Waals surface area (Å²) < 4.78 is 43.9. The van der Waals surface area contributed by atoms with Gasteiger partial charge in [0.2, 0.25) is 0 Å². The van der Waals surface area contributed by atoms with Crippen molar-refractivity contribution in [3.8, 4) is 58.6 Å². The van der Waals surface area contributed by atoms with E-state index in [0.29, 0.717) is 0 Å². The molecular formula is C34H23F3OS2. The van der Waals surface area contributed by atoms with Crippen LogP contribution >= 0.6 is 22.7 Å². The highest BCUT2D eigenvalue weighted by molar-refractivity contribution is 7.25. The number of rotatable bonds is 6. The molecule has 2 heterocycles. The Morgan fingerprint density at radius 2 is 0.750 bits per heavy atom. The Hall–Kier alpha value is -4.13. The smallest absolute Gasteiger partial charge is 0.416 e. The average Bonchev–Trinajstić information content (AvgIpc) is 3.68. The van der Waals surface area contributed by atoms with Gasteiger partial charge in [0, 0.05) is 19.5 Å². The Bertz CT molecular complexity index is 1730. The number of methoxy groups -OCH3 is 1. The van der Waals surface area contributed by atoms with Gasteiger partial charge < -0.3 is 4.74 Å². The third-order valence-corrected chi connectivity index (χ3v) is 9.23. The minimum absolute atomic E-state index is 0.632. The number of hydrogen-bond acceptors (Lipinski definition) is 3. The summed E-state index contributed by atoms with van der Waals surface area (Å²) >= 11 is 3.29. The molecule has 0 aliphatic carbocycles. The van der Waals surface area contributed by atoms with E-state index in [1.807, 2.05) is 24.3 Å². The first kappa shape index (κ1) is 26.1. The maximum atomic E-state index is 12.9. The molecule has 0 N–H and O–H groups in total. The number of benzene rings is 4. The van der Waals surface area contributed by atoms with Gasteiger partial charge in [0.25, 0.3) is 0 Å². The van der Waals surface area contributed by atoms with Crippen LogP contribution in [0.1, 0.15) is 5.56 Å². The quantitative estimate of drug-likeness (QED) is 0.194. The minimum atomic E-state index is -4.33. The van der Waals surface area contributed by atoms with Gasteiger partial charge in [-0.15, -0.1) is 22.7 Å². The SMILES string of the molecule is COc1ccc(-c2ccc(-c3ccc(-c4ccc(-c5ccc(-c6ccc(C(F)(F)F)cc6)s5)s4)cc3)cc2)cc1. The molecule has 0 radical (unpaired) electrons. The normalized spacial score (nSPS) is 11.5. The Kier molecular flexibility index (Phi) is 7.05. The van der Waals surface area contributed by atoms with Gasteiger partial charge >= 0.3 is 6.18 Å². The Morgan fingerprint density at radius 1 is 0.425 bits per heavy atom. The molecule has 6 rings (SSSR count). The molecule has 1 nitrogen and oxygen atoms in total. The maximum absolute atomic E-state index is 12.9. The summed E-state index contributed by atoms with van der Waals surface area (Å²) in [7, 11) is 1.67. The zero-order valence-corrected chi connectivity index (χ0v) is 23.0. The summed E-state index contributed by atoms with van der Waals surface area (Å²) in [5.74, 6) is 0.844. The summed E-state index contributed by atoms with van der Waals surface area (Å²) in [5, 5.41) is 0. The fraction of sp³-hybridized carbons (Fsp3) is 0.0588. The molecule has 6 heteroatoms. The largest absolute Gasteiger partial charge is 0.497 e. The van der Waals surface area contributed by atoms with Crippen molar-refractivity contribution in [2.24, 2.45) is 0 Å². The molecule has 2 aromatic heterocycles. The van der Waals surface area contributed by atoms with Crippen LogP contribution in [0.15, 0.2) is 121 Å². The van der Waals surface area contributed by atoms with Crippen molar-refractivity contribution in [3.63, 3.8) is 0 Å². The number of ether oxygens (including phenoxy) is 1. The molecule has 198 valence electrons. The monoisotopic (exact) mass is 568 g/mol. The zero-order valence-electron chi connectivity index (χ0n) is 21.4. The molecule has 0 saturated heterocycles. The molecule has 6 aromatic rings. The van der Waals surface area contributed by atoms with Crippen LogP contribution in [0.3, 0.4) is 0 Å². The van der Waals surface area contributed by atoms with E-state index >= 15 is 0 Å². The van der Waals surface area contributed by atoms with Gasteiger partial charge in [-0.3, -0.25) is 0 Å². The van der Waals surface area contributed by atoms with E-state index in [9.17, 15) is 13.2 Å². The zero-order chi connectivity index (χ0) is 27.7. The lowest BCUT2D eigenvalue weighted by molar-refractivity contribution is -0.137. The second-order valence-electron chi connectivity index (χ2n) is 9.29. The van der Waals surface area contributed by atoms with Gasteiger partial charge in [-0.05, 0) is 81.9 Å². The van der Waals surface area contributed by atoms with Crippen LogP contribution in [0.5, 0.6) is 5.75 Å². The highest BCUT2D eigenvalue weighted by Gasteiger charge is 2.30. The summed E-state index contributed by atoms with van der Waals surface area (Å²) in [4.78, 5) is 4.35. The van der Waals surface area contributed by atoms with Crippen LogP contribution < -0.4 is 4.74 Å². The molecule has 0 bridgehead atoms. The number of hydrogen-bond donors (Lipinski definition) is 0. The summed E-state index contributed by atoms with van der Waals surface area (Å²) in [6, 6.07) is 38.7. The fourth-order valence-electron chi connectivity index (χ4n) is 4.54. The molecule has 40 heavy (non-hydrogen) atoms. The van der Waals surface area contributed by atoms with E-state index in [1.54, 1.807) is 29.8 Å². The molecule has 0 atom stereocenters. The standard InChI is InChI=1S/C34H23F3OS2/c1-38-29-16-12-25(13-17-29)23-4-2-22(3-5-23)24-6-8-26(9-7-24)30-18-20-32(39-30)33-21-19-31(40-33)27-10-14-28(15-11-27)34(35,36)37/h2-21H,1H3. The van der Waals surface area contributed by atoms with Gasteiger partial charge in [0.15, 0.2) is 0 Å². The molecule has 0 aliphatic heterocycles. The maximum Gasteiger partial charge on any atom is 0.416 e. The summed E-state index contributed by atoms with van der Waals surface area (Å²) in [6.07, 6.45) is -4.33. The predicted molar refractivity (Wildman–Crippen MR) is 161 cm³/mol. The first-order chi connectivity index (χ1) is 19.4. The lowest BCUT2D eigenvalue weighted by Gasteiger charge is -2.07. The van der Waals surface area contributed by atoms with Crippen molar-refractivity contribution in [3.05, 3.63) is 127 Å². The minimum Gasteiger partial charge on any atom is -0.497 e. The fourth-order valence-corrected chi connectivity index (χ4v) is 6.65. The van der Waals surface area contributed by atoms with Crippen molar-refractivity contribution >= 4 is 22.7 Å². The summed E-state index contributed by atoms with van der Waals surface area (Å²) in [5.41, 5.74) is 5.92. The van der Waals surface area contributed by atoms with Crippen molar-refractivity contribution in [1.29, 1.82) is 0 Å². The average molecular weight is 569 g/mol. The molecule has 0 saturated carbocycles. The van der Waals surface area contributed by atoms with Crippen molar-refractivity contribution < 1.29 is 17.9 Å². The molecule has 0 fully saturated rings. The number of thiophene rings is 2. The number of alkyl halides is 3. The highest BCUT2D eigenvalue weighted by atomic mass is 32.1. The summed E-state index contributed by atoms with van der Waals surface area (Å²) in [6.45, 7) is 0. The molecule has 4 aromatic carbocycles. The topological polar surface area (TPSA) is 9.23 Å². The van der Waals surface area contributed by atoms with E-state index in [4.69, 9.17) is 4.74 Å². The lowest BCUT2D eigenvalue weighted by atomic mass is 9.99. The van der Waals surface area contributed by atoms with Gasteiger partial charge in [-0.1, -0.05) is 72.8 Å². The Balaban J connectivity index is 1.16. The van der Waals surface area contributed by atoms with E-state index < -0.39 is 11.7 Å². The van der Waals surface area contributed by atoms with Gasteiger partial charge in [0.05, 0.1) is 12.7 Å². The van der Waals surface area contributed by atoms with Crippen molar-refractivity contribution in [2.75, 3.05) is 7.11 Å². The Morgan fingerprint density at radius 3 is 1.12 bits per heavy atom. The van der Waals surface area contributed by atoms with Crippen LogP contribution in [0.25, 0.3) is 52.9 Å². The lowest BCUT2D eigenvalue weighted by Crippen LogP contribution is -2.03. The van der Waals surface area contributed by atoms with E-state index in [2.05, 4.69) is 72.8 Å². The third-order valence-electron chi connectivity index (χ3n) is 6.76. The molecule has 0 amide bonds. The van der Waals surface area contributed by atoms with Gasteiger partial charge in [-0.25, -0.2) is 0 Å². The first-order valence-electron chi connectivity index (χ1n) is 12.6. The van der Waals surface area contributed by atoms with Crippen LogP contribution in [0.2, 0.25) is 0 Å². The second-order valence-corrected chi connectivity index (χ2v) is 11.5. The van der Waals surface area contributed by atoms with Gasteiger partial charge in [-0.2, -0.15) is 13.2 Å². The van der Waals surface area contributed by atoms with E-state index in [0.717, 1.165) is 65.9 Å². The van der Waals surface area contributed by atoms with Gasteiger partial charge in [0.1, 0.15) is 5.75 Å². The predicted octanol–water partition coefficient (Wildman–Crippen LogP) is 11.2. The van der Waals surface area contributed by atoms with Crippen molar-refractivity contribution in [1.82, 2.24) is 0 Å². The number of halogens is 3. The van der Waals surface area contributed by atoms with Crippen molar-refractivity contribution in [2.45, 2.75) is 6.18 Å². The molecular weight excluding hydrogens is 546 g/mol. The highest BCUT2D eigenvalue weighted by Crippen LogP contribution is 2.41. The second kappa shape index (κ2) is 10.8. The van der Waals surface area contributed by atoms with E-state index in [1.165, 1.54) is 17.0 Å². The van der Waals surface area contributed by atoms with Crippen LogP contribution in [0.4, 0.5) is 13.2 Å².